The fourth-order valence-corrected chi connectivity index (χ4v) is 3.24. The van der Waals surface area contributed by atoms with Gasteiger partial charge in [0, 0.05) is 30.9 Å². The van der Waals surface area contributed by atoms with Crippen LogP contribution in [0.4, 0.5) is 26.3 Å². The molecule has 2 aliphatic rings. The molecule has 0 saturated heterocycles. The van der Waals surface area contributed by atoms with Crippen molar-refractivity contribution in [3.8, 4) is 0 Å². The van der Waals surface area contributed by atoms with Crippen LogP contribution in [0.5, 0.6) is 0 Å². The highest BCUT2D eigenvalue weighted by Gasteiger charge is 2.43. The Morgan fingerprint density at radius 2 is 1.59 bits per heavy atom. The Morgan fingerprint density at radius 3 is 2.19 bits per heavy atom. The smallest absolute Gasteiger partial charge is 0.421 e. The number of aromatic nitrogens is 2. The highest BCUT2D eigenvalue weighted by atomic mass is 19.4. The predicted molar refractivity (Wildman–Crippen MR) is 93.8 cm³/mol. The number of hydrogen-bond acceptors (Lipinski definition) is 7. The molecular weight excluding hydrogens is 452 g/mol. The Balaban J connectivity index is 1.28. The molecule has 1 heterocycles. The number of carbonyl (C=O) groups excluding carboxylic acids is 1. The minimum Gasteiger partial charge on any atom is -0.421 e. The molecule has 0 atom stereocenters. The first-order chi connectivity index (χ1) is 14.9. The molecule has 0 radical (unpaired) electrons. The van der Waals surface area contributed by atoms with Crippen molar-refractivity contribution in [3.63, 3.8) is 0 Å². The van der Waals surface area contributed by atoms with Crippen LogP contribution in [0.3, 0.4) is 0 Å². The average molecular weight is 473 g/mol. The van der Waals surface area contributed by atoms with Gasteiger partial charge in [0.15, 0.2) is 0 Å². The largest absolute Gasteiger partial charge is 0.522 e. The third-order valence-electron chi connectivity index (χ3n) is 5.04. The van der Waals surface area contributed by atoms with Crippen molar-refractivity contribution in [2.75, 3.05) is 13.2 Å². The van der Waals surface area contributed by atoms with E-state index < -0.39 is 36.9 Å². The fraction of sp³-hybridized carbons (Fsp3) is 0.722. The molecule has 3 rings (SSSR count). The maximum Gasteiger partial charge on any atom is 0.522 e. The molecular formula is C18H21F6N3O5. The van der Waals surface area contributed by atoms with Gasteiger partial charge in [-0.25, -0.2) is 0 Å². The number of alkyl halides is 6. The summed E-state index contributed by atoms with van der Waals surface area (Å²) >= 11 is 0. The lowest BCUT2D eigenvalue weighted by Gasteiger charge is -2.34. The van der Waals surface area contributed by atoms with Gasteiger partial charge >= 0.3 is 12.7 Å². The van der Waals surface area contributed by atoms with Gasteiger partial charge in [-0.3, -0.25) is 14.3 Å². The van der Waals surface area contributed by atoms with E-state index in [9.17, 15) is 31.1 Å². The van der Waals surface area contributed by atoms with Crippen LogP contribution in [-0.4, -0.2) is 60.3 Å². The van der Waals surface area contributed by atoms with Crippen LogP contribution in [0.15, 0.2) is 11.0 Å². The summed E-state index contributed by atoms with van der Waals surface area (Å²) in [6, 6.07) is 0. The van der Waals surface area contributed by atoms with Gasteiger partial charge in [-0.05, 0) is 19.3 Å². The molecule has 1 aromatic rings. The minimum atomic E-state index is -4.68. The molecule has 1 aromatic heterocycles. The Bertz CT molecular complexity index is 800. The van der Waals surface area contributed by atoms with E-state index in [1.807, 2.05) is 0 Å². The van der Waals surface area contributed by atoms with E-state index in [0.717, 1.165) is 0 Å². The second-order valence-corrected chi connectivity index (χ2v) is 7.59. The number of halogens is 6. The molecule has 8 nitrogen and oxygen atoms in total. The Hall–Kier alpha value is -2.19. The van der Waals surface area contributed by atoms with Crippen molar-refractivity contribution in [2.24, 2.45) is 0 Å². The maximum absolute atomic E-state index is 12.2. The van der Waals surface area contributed by atoms with E-state index in [2.05, 4.69) is 31.6 Å². The van der Waals surface area contributed by atoms with Crippen LogP contribution in [0.2, 0.25) is 0 Å². The SMILES string of the molecule is C=C(CCNC(=O)COC1CC(OC(F)(F)F)C1)c1nnc(C2CC(OC(F)(F)F)C2)o1. The summed E-state index contributed by atoms with van der Waals surface area (Å²) in [7, 11) is 0. The molecule has 32 heavy (non-hydrogen) atoms. The minimum absolute atomic E-state index is 0.0627. The molecule has 1 N–H and O–H groups in total. The van der Waals surface area contributed by atoms with Crippen LogP contribution in [-0.2, 0) is 19.0 Å². The van der Waals surface area contributed by atoms with E-state index >= 15 is 0 Å². The van der Waals surface area contributed by atoms with Crippen molar-refractivity contribution in [2.45, 2.75) is 69.1 Å². The summed E-state index contributed by atoms with van der Waals surface area (Å²) < 4.78 is 91.0. The van der Waals surface area contributed by atoms with Crippen molar-refractivity contribution in [1.82, 2.24) is 15.5 Å². The standard InChI is InChI=1S/C18H21F6N3O5/c1-9(15-26-27-16(30-15)10-4-12(5-10)31-17(19,20)21)2-3-25-14(28)8-29-11-6-13(7-11)32-18(22,23)24/h10-13H,1-8H2,(H,25,28). The molecule has 1 amide bonds. The molecule has 180 valence electrons. The molecule has 2 aliphatic carbocycles. The van der Waals surface area contributed by atoms with Crippen molar-refractivity contribution >= 4 is 11.5 Å². The van der Waals surface area contributed by atoms with Crippen LogP contribution < -0.4 is 5.32 Å². The zero-order valence-corrected chi connectivity index (χ0v) is 16.7. The van der Waals surface area contributed by atoms with Crippen LogP contribution in [0.1, 0.15) is 49.8 Å². The molecule has 0 bridgehead atoms. The van der Waals surface area contributed by atoms with E-state index in [-0.39, 0.29) is 63.0 Å². The number of amides is 1. The van der Waals surface area contributed by atoms with E-state index in [4.69, 9.17) is 9.15 Å². The van der Waals surface area contributed by atoms with Gasteiger partial charge < -0.3 is 14.5 Å². The Morgan fingerprint density at radius 1 is 1.00 bits per heavy atom. The quantitative estimate of drug-likeness (QED) is 0.520. The molecule has 0 spiro atoms. The van der Waals surface area contributed by atoms with Crippen LogP contribution in [0, 0.1) is 0 Å². The molecule has 14 heteroatoms. The lowest BCUT2D eigenvalue weighted by molar-refractivity contribution is -0.357. The van der Waals surface area contributed by atoms with Crippen LogP contribution in [0.25, 0.3) is 5.57 Å². The third-order valence-corrected chi connectivity index (χ3v) is 5.04. The summed E-state index contributed by atoms with van der Waals surface area (Å²) in [4.78, 5) is 11.8. The average Bonchev–Trinajstić information content (AvgIpc) is 3.07. The number of carbonyl (C=O) groups is 1. The number of rotatable bonds is 10. The lowest BCUT2D eigenvalue weighted by atomic mass is 9.82. The van der Waals surface area contributed by atoms with Gasteiger partial charge in [0.05, 0.1) is 18.3 Å². The van der Waals surface area contributed by atoms with Gasteiger partial charge in [-0.1, -0.05) is 6.58 Å². The topological polar surface area (TPSA) is 95.7 Å². The van der Waals surface area contributed by atoms with E-state index in [0.29, 0.717) is 5.57 Å². The number of hydrogen-bond donors (Lipinski definition) is 1. The van der Waals surface area contributed by atoms with Gasteiger partial charge in [0.25, 0.3) is 0 Å². The number of ether oxygens (including phenoxy) is 3. The molecule has 0 unspecified atom stereocenters. The predicted octanol–water partition coefficient (Wildman–Crippen LogP) is 3.46. The van der Waals surface area contributed by atoms with E-state index in [1.54, 1.807) is 0 Å². The summed E-state index contributed by atoms with van der Waals surface area (Å²) in [6.07, 6.45) is -11.1. The summed E-state index contributed by atoms with van der Waals surface area (Å²) in [6.45, 7) is 3.65. The van der Waals surface area contributed by atoms with Crippen molar-refractivity contribution < 1.29 is 49.8 Å². The van der Waals surface area contributed by atoms with Crippen molar-refractivity contribution in [1.29, 1.82) is 0 Å². The first-order valence-electron chi connectivity index (χ1n) is 9.77. The number of nitrogens with zero attached hydrogens (tertiary/aromatic N) is 2. The van der Waals surface area contributed by atoms with Gasteiger partial charge in [-0.15, -0.1) is 36.5 Å². The zero-order valence-electron chi connectivity index (χ0n) is 16.7. The highest BCUT2D eigenvalue weighted by molar-refractivity contribution is 5.77. The molecule has 0 aliphatic heterocycles. The fourth-order valence-electron chi connectivity index (χ4n) is 3.24. The monoisotopic (exact) mass is 473 g/mol. The summed E-state index contributed by atoms with van der Waals surface area (Å²) in [5.74, 6) is -0.444. The lowest BCUT2D eigenvalue weighted by Crippen LogP contribution is -2.42. The molecule has 2 saturated carbocycles. The molecule has 0 aromatic carbocycles. The van der Waals surface area contributed by atoms with Gasteiger partial charge in [0.1, 0.15) is 6.61 Å². The van der Waals surface area contributed by atoms with Gasteiger partial charge in [-0.2, -0.15) is 0 Å². The first kappa shape index (κ1) is 24.5. The second kappa shape index (κ2) is 9.75. The first-order valence-corrected chi connectivity index (χ1v) is 9.77. The summed E-state index contributed by atoms with van der Waals surface area (Å²) in [5, 5.41) is 10.2. The third kappa shape index (κ3) is 7.45. The Kier molecular flexibility index (Phi) is 7.45. The second-order valence-electron chi connectivity index (χ2n) is 7.59. The zero-order chi connectivity index (χ0) is 23.5. The maximum atomic E-state index is 12.2. The normalized spacial score (nSPS) is 25.7. The molecule has 2 fully saturated rings. The Labute approximate surface area is 178 Å². The van der Waals surface area contributed by atoms with Gasteiger partial charge in [0.2, 0.25) is 17.7 Å². The van der Waals surface area contributed by atoms with Crippen molar-refractivity contribution in [3.05, 3.63) is 18.4 Å². The highest BCUT2D eigenvalue weighted by Crippen LogP contribution is 2.41. The van der Waals surface area contributed by atoms with Crippen LogP contribution >= 0.6 is 0 Å². The summed E-state index contributed by atoms with van der Waals surface area (Å²) in [5.41, 5.74) is 0.429. The number of nitrogens with one attached hydrogen (secondary N) is 1. The van der Waals surface area contributed by atoms with E-state index in [1.165, 1.54) is 0 Å².